The fraction of sp³-hybridized carbons (Fsp3) is 0.879. The molecule has 218 valence electrons. The second kappa shape index (κ2) is 29.2. The van der Waals surface area contributed by atoms with E-state index < -0.39 is 0 Å². The number of allylic oxidation sites excluding steroid dienone is 1. The SMILES string of the molecule is CCCCCC/C=C\COC(=O)CCCCCCCC(=O)OC(CCCCCCC)CCCCCCC. The first-order valence-corrected chi connectivity index (χ1v) is 16.1. The molecule has 37 heavy (non-hydrogen) atoms. The molecule has 0 heterocycles. The Morgan fingerprint density at radius 2 is 1.00 bits per heavy atom. The number of ether oxygens (including phenoxy) is 2. The van der Waals surface area contributed by atoms with Crippen LogP contribution in [0.1, 0.15) is 175 Å². The number of hydrogen-bond donors (Lipinski definition) is 0. The summed E-state index contributed by atoms with van der Waals surface area (Å²) in [5.74, 6) is -0.122. The summed E-state index contributed by atoms with van der Waals surface area (Å²) in [5, 5.41) is 0. The molecular weight excluding hydrogens is 460 g/mol. The Morgan fingerprint density at radius 3 is 1.57 bits per heavy atom. The van der Waals surface area contributed by atoms with Crippen LogP contribution in [0, 0.1) is 0 Å². The Balaban J connectivity index is 3.84. The first-order valence-electron chi connectivity index (χ1n) is 16.1. The smallest absolute Gasteiger partial charge is 0.306 e. The highest BCUT2D eigenvalue weighted by Gasteiger charge is 2.14. The Bertz CT molecular complexity index is 514. The maximum Gasteiger partial charge on any atom is 0.306 e. The average Bonchev–Trinajstić information content (AvgIpc) is 2.89. The van der Waals surface area contributed by atoms with Crippen LogP contribution in [-0.2, 0) is 19.1 Å². The van der Waals surface area contributed by atoms with E-state index in [9.17, 15) is 9.59 Å². The van der Waals surface area contributed by atoms with Gasteiger partial charge in [0, 0.05) is 12.8 Å². The van der Waals surface area contributed by atoms with Gasteiger partial charge in [-0.05, 0) is 51.4 Å². The lowest BCUT2D eigenvalue weighted by Crippen LogP contribution is -2.18. The number of carbonyl (C=O) groups excluding carboxylic acids is 2. The van der Waals surface area contributed by atoms with E-state index in [1.807, 2.05) is 6.08 Å². The fourth-order valence-corrected chi connectivity index (χ4v) is 4.62. The predicted octanol–water partition coefficient (Wildman–Crippen LogP) is 10.4. The summed E-state index contributed by atoms with van der Waals surface area (Å²) in [7, 11) is 0. The second-order valence-electron chi connectivity index (χ2n) is 10.8. The predicted molar refractivity (Wildman–Crippen MR) is 158 cm³/mol. The lowest BCUT2D eigenvalue weighted by molar-refractivity contribution is -0.150. The molecule has 0 atom stereocenters. The fourth-order valence-electron chi connectivity index (χ4n) is 4.62. The van der Waals surface area contributed by atoms with E-state index >= 15 is 0 Å². The minimum Gasteiger partial charge on any atom is -0.462 e. The van der Waals surface area contributed by atoms with Crippen molar-refractivity contribution < 1.29 is 19.1 Å². The number of hydrogen-bond acceptors (Lipinski definition) is 4. The van der Waals surface area contributed by atoms with Gasteiger partial charge in [0.1, 0.15) is 12.7 Å². The number of rotatable bonds is 28. The molecule has 0 aliphatic carbocycles. The molecule has 0 rings (SSSR count). The third-order valence-electron chi connectivity index (χ3n) is 7.05. The lowest BCUT2D eigenvalue weighted by atomic mass is 10.0. The van der Waals surface area contributed by atoms with Gasteiger partial charge >= 0.3 is 11.9 Å². The van der Waals surface area contributed by atoms with Crippen LogP contribution >= 0.6 is 0 Å². The van der Waals surface area contributed by atoms with Crippen molar-refractivity contribution in [3.05, 3.63) is 12.2 Å². The Labute approximate surface area is 230 Å². The zero-order valence-corrected chi connectivity index (χ0v) is 25.0. The molecule has 4 heteroatoms. The van der Waals surface area contributed by atoms with Crippen LogP contribution in [0.4, 0.5) is 0 Å². The Hall–Kier alpha value is -1.32. The number of unbranched alkanes of at least 4 members (excludes halogenated alkanes) is 16. The number of esters is 2. The summed E-state index contributed by atoms with van der Waals surface area (Å²) in [6.07, 6.45) is 30.8. The molecule has 0 fully saturated rings. The van der Waals surface area contributed by atoms with Crippen molar-refractivity contribution in [3.8, 4) is 0 Å². The van der Waals surface area contributed by atoms with E-state index in [0.717, 1.165) is 51.4 Å². The van der Waals surface area contributed by atoms with E-state index in [1.54, 1.807) is 0 Å². The van der Waals surface area contributed by atoms with Crippen LogP contribution in [0.2, 0.25) is 0 Å². The molecule has 0 saturated carbocycles. The van der Waals surface area contributed by atoms with Crippen molar-refractivity contribution in [2.45, 2.75) is 181 Å². The van der Waals surface area contributed by atoms with Gasteiger partial charge < -0.3 is 9.47 Å². The molecule has 4 nitrogen and oxygen atoms in total. The van der Waals surface area contributed by atoms with Gasteiger partial charge in [-0.3, -0.25) is 9.59 Å². The molecule has 0 aliphatic heterocycles. The van der Waals surface area contributed by atoms with Crippen molar-refractivity contribution in [1.29, 1.82) is 0 Å². The topological polar surface area (TPSA) is 52.6 Å². The van der Waals surface area contributed by atoms with Gasteiger partial charge in [0.15, 0.2) is 0 Å². The maximum atomic E-state index is 12.4. The molecular formula is C33H62O4. The van der Waals surface area contributed by atoms with Gasteiger partial charge in [0.05, 0.1) is 0 Å². The van der Waals surface area contributed by atoms with Crippen LogP contribution in [0.25, 0.3) is 0 Å². The molecule has 0 aromatic carbocycles. The van der Waals surface area contributed by atoms with E-state index in [1.165, 1.54) is 89.9 Å². The summed E-state index contributed by atoms with van der Waals surface area (Å²) in [4.78, 5) is 24.3. The lowest BCUT2D eigenvalue weighted by Gasteiger charge is -2.18. The van der Waals surface area contributed by atoms with Gasteiger partial charge in [-0.2, -0.15) is 0 Å². The van der Waals surface area contributed by atoms with Crippen LogP contribution in [0.5, 0.6) is 0 Å². The zero-order valence-electron chi connectivity index (χ0n) is 25.0. The Kier molecular flexibility index (Phi) is 28.2. The molecule has 0 aliphatic rings. The maximum absolute atomic E-state index is 12.4. The van der Waals surface area contributed by atoms with Crippen LogP contribution in [-0.4, -0.2) is 24.6 Å². The van der Waals surface area contributed by atoms with Crippen LogP contribution in [0.3, 0.4) is 0 Å². The van der Waals surface area contributed by atoms with E-state index in [4.69, 9.17) is 9.47 Å². The van der Waals surface area contributed by atoms with Crippen molar-refractivity contribution in [2.24, 2.45) is 0 Å². The molecule has 0 aromatic rings. The minimum atomic E-state index is -0.102. The zero-order chi connectivity index (χ0) is 27.2. The van der Waals surface area contributed by atoms with Crippen molar-refractivity contribution in [2.75, 3.05) is 6.61 Å². The third kappa shape index (κ3) is 27.5. The standard InChI is InChI=1S/C33H62O4/c1-4-7-10-13-14-20-25-30-36-32(34)28-23-18-15-19-24-29-33(35)37-31(26-21-16-11-8-5-2)27-22-17-12-9-6-3/h20,25,31H,4-19,21-24,26-30H2,1-3H3/b25-20-. The summed E-state index contributed by atoms with van der Waals surface area (Å²) in [6.45, 7) is 7.10. The molecule has 0 radical (unpaired) electrons. The molecule has 0 amide bonds. The van der Waals surface area contributed by atoms with Gasteiger partial charge in [-0.1, -0.05) is 123 Å². The normalized spacial score (nSPS) is 11.5. The van der Waals surface area contributed by atoms with Gasteiger partial charge in [-0.25, -0.2) is 0 Å². The molecule has 0 saturated heterocycles. The highest BCUT2D eigenvalue weighted by Crippen LogP contribution is 2.18. The summed E-state index contributed by atoms with van der Waals surface area (Å²) < 4.78 is 11.2. The Morgan fingerprint density at radius 1 is 0.541 bits per heavy atom. The van der Waals surface area contributed by atoms with E-state index in [2.05, 4.69) is 26.8 Å². The van der Waals surface area contributed by atoms with Gasteiger partial charge in [0.25, 0.3) is 0 Å². The van der Waals surface area contributed by atoms with Crippen LogP contribution < -0.4 is 0 Å². The van der Waals surface area contributed by atoms with E-state index in [0.29, 0.717) is 19.4 Å². The van der Waals surface area contributed by atoms with Gasteiger partial charge in [0.2, 0.25) is 0 Å². The minimum absolute atomic E-state index is 0.0193. The molecule has 0 spiro atoms. The van der Waals surface area contributed by atoms with Crippen molar-refractivity contribution >= 4 is 11.9 Å². The monoisotopic (exact) mass is 522 g/mol. The number of carbonyl (C=O) groups is 2. The third-order valence-corrected chi connectivity index (χ3v) is 7.05. The van der Waals surface area contributed by atoms with E-state index in [-0.39, 0.29) is 18.0 Å². The summed E-state index contributed by atoms with van der Waals surface area (Å²) in [6, 6.07) is 0. The largest absolute Gasteiger partial charge is 0.462 e. The molecule has 0 unspecified atom stereocenters. The molecule has 0 N–H and O–H groups in total. The molecule has 0 bridgehead atoms. The second-order valence-corrected chi connectivity index (χ2v) is 10.8. The van der Waals surface area contributed by atoms with Crippen LogP contribution in [0.15, 0.2) is 12.2 Å². The quantitative estimate of drug-likeness (QED) is 0.0582. The summed E-state index contributed by atoms with van der Waals surface area (Å²) >= 11 is 0. The highest BCUT2D eigenvalue weighted by atomic mass is 16.5. The van der Waals surface area contributed by atoms with Crippen molar-refractivity contribution in [3.63, 3.8) is 0 Å². The average molecular weight is 523 g/mol. The first kappa shape index (κ1) is 35.7. The van der Waals surface area contributed by atoms with Gasteiger partial charge in [-0.15, -0.1) is 0 Å². The summed E-state index contributed by atoms with van der Waals surface area (Å²) in [5.41, 5.74) is 0. The molecule has 0 aromatic heterocycles. The van der Waals surface area contributed by atoms with Crippen molar-refractivity contribution in [1.82, 2.24) is 0 Å². The first-order chi connectivity index (χ1) is 18.1. The highest BCUT2D eigenvalue weighted by molar-refractivity contribution is 5.69.